The van der Waals surface area contributed by atoms with Gasteiger partial charge in [0, 0.05) is 32.1 Å². The van der Waals surface area contributed by atoms with Crippen molar-refractivity contribution in [2.75, 3.05) is 26.2 Å². The van der Waals surface area contributed by atoms with E-state index in [9.17, 15) is 4.79 Å². The minimum Gasteiger partial charge on any atom is -0.340 e. The van der Waals surface area contributed by atoms with Crippen LogP contribution in [0.15, 0.2) is 0 Å². The first-order valence-corrected chi connectivity index (χ1v) is 5.88. The topological polar surface area (TPSA) is 32.3 Å². The van der Waals surface area contributed by atoms with Crippen molar-refractivity contribution in [2.45, 2.75) is 27.7 Å². The molecule has 0 atom stereocenters. The van der Waals surface area contributed by atoms with Gasteiger partial charge in [0.05, 0.1) is 0 Å². The Bertz CT molecular complexity index is 263. The number of carbonyl (C=O) groups is 1. The van der Waals surface area contributed by atoms with Crippen LogP contribution in [0.2, 0.25) is 0 Å². The molecule has 1 N–H and O–H groups in total. The van der Waals surface area contributed by atoms with Gasteiger partial charge in [0.15, 0.2) is 0 Å². The third-order valence-corrected chi connectivity index (χ3v) is 4.70. The molecular weight excluding hydrogens is 188 g/mol. The molecule has 2 aliphatic rings. The molecule has 0 aromatic carbocycles. The lowest BCUT2D eigenvalue weighted by atomic mass is 10.0. The van der Waals surface area contributed by atoms with Gasteiger partial charge in [0.25, 0.3) is 0 Å². The number of nitrogens with one attached hydrogen (secondary N) is 1. The third-order valence-electron chi connectivity index (χ3n) is 4.70. The smallest absolute Gasteiger partial charge is 0.226 e. The van der Waals surface area contributed by atoms with E-state index in [2.05, 4.69) is 33.0 Å². The van der Waals surface area contributed by atoms with E-state index in [1.165, 1.54) is 0 Å². The standard InChI is InChI=1S/C12H22N2O/c1-11(2)9(12(11,3)4)10(15)14-7-5-13-6-8-14/h9,13H,5-8H2,1-4H3. The second kappa shape index (κ2) is 3.21. The average molecular weight is 210 g/mol. The van der Waals surface area contributed by atoms with E-state index in [-0.39, 0.29) is 16.7 Å². The number of nitrogens with zero attached hydrogens (tertiary/aromatic N) is 1. The zero-order valence-corrected chi connectivity index (χ0v) is 10.3. The number of amides is 1. The molecule has 1 aliphatic carbocycles. The fraction of sp³-hybridized carbons (Fsp3) is 0.917. The largest absolute Gasteiger partial charge is 0.340 e. The maximum absolute atomic E-state index is 12.3. The molecule has 1 amide bonds. The summed E-state index contributed by atoms with van der Waals surface area (Å²) in [5, 5.41) is 3.28. The molecule has 3 nitrogen and oxygen atoms in total. The predicted octanol–water partition coefficient (Wildman–Crippen LogP) is 1.10. The molecule has 1 saturated carbocycles. The molecule has 0 unspecified atom stereocenters. The lowest BCUT2D eigenvalue weighted by Gasteiger charge is -2.28. The van der Waals surface area contributed by atoms with Gasteiger partial charge in [0.2, 0.25) is 5.91 Å². The lowest BCUT2D eigenvalue weighted by Crippen LogP contribution is -2.47. The van der Waals surface area contributed by atoms with Crippen molar-refractivity contribution in [1.82, 2.24) is 10.2 Å². The van der Waals surface area contributed by atoms with E-state index in [4.69, 9.17) is 0 Å². The van der Waals surface area contributed by atoms with Crippen LogP contribution in [0.4, 0.5) is 0 Å². The number of hydrogen-bond donors (Lipinski definition) is 1. The van der Waals surface area contributed by atoms with Crippen molar-refractivity contribution in [3.05, 3.63) is 0 Å². The SMILES string of the molecule is CC1(C)C(C(=O)N2CCNCC2)C1(C)C. The molecule has 1 saturated heterocycles. The summed E-state index contributed by atoms with van der Waals surface area (Å²) in [4.78, 5) is 14.3. The zero-order valence-electron chi connectivity index (χ0n) is 10.3. The minimum atomic E-state index is 0.176. The Labute approximate surface area is 92.2 Å². The number of hydrogen-bond acceptors (Lipinski definition) is 2. The molecule has 0 aromatic rings. The Kier molecular flexibility index (Phi) is 2.34. The Morgan fingerprint density at radius 3 is 2.00 bits per heavy atom. The molecule has 15 heavy (non-hydrogen) atoms. The Morgan fingerprint density at radius 2 is 1.60 bits per heavy atom. The number of carbonyl (C=O) groups excluding carboxylic acids is 1. The quantitative estimate of drug-likeness (QED) is 0.703. The van der Waals surface area contributed by atoms with Crippen molar-refractivity contribution in [3.8, 4) is 0 Å². The summed E-state index contributed by atoms with van der Waals surface area (Å²) in [6.45, 7) is 12.5. The Hall–Kier alpha value is -0.570. The van der Waals surface area contributed by atoms with Gasteiger partial charge in [-0.25, -0.2) is 0 Å². The minimum absolute atomic E-state index is 0.176. The van der Waals surface area contributed by atoms with Crippen molar-refractivity contribution in [1.29, 1.82) is 0 Å². The molecule has 2 fully saturated rings. The van der Waals surface area contributed by atoms with E-state index in [0.717, 1.165) is 26.2 Å². The maximum Gasteiger partial charge on any atom is 0.226 e. The predicted molar refractivity (Wildman–Crippen MR) is 60.5 cm³/mol. The lowest BCUT2D eigenvalue weighted by molar-refractivity contribution is -0.134. The van der Waals surface area contributed by atoms with Gasteiger partial charge in [-0.15, -0.1) is 0 Å². The summed E-state index contributed by atoms with van der Waals surface area (Å²) in [5.41, 5.74) is 0.351. The van der Waals surface area contributed by atoms with Crippen molar-refractivity contribution in [2.24, 2.45) is 16.7 Å². The second-order valence-electron chi connectivity index (χ2n) is 5.95. The van der Waals surface area contributed by atoms with Crippen LogP contribution in [0.5, 0.6) is 0 Å². The molecular formula is C12H22N2O. The normalized spacial score (nSPS) is 28.9. The van der Waals surface area contributed by atoms with Crippen molar-refractivity contribution < 1.29 is 4.79 Å². The summed E-state index contributed by atoms with van der Waals surface area (Å²) < 4.78 is 0. The molecule has 86 valence electrons. The highest BCUT2D eigenvalue weighted by atomic mass is 16.2. The van der Waals surface area contributed by atoms with E-state index < -0.39 is 0 Å². The maximum atomic E-state index is 12.3. The van der Waals surface area contributed by atoms with E-state index in [1.54, 1.807) is 0 Å². The fourth-order valence-corrected chi connectivity index (χ4v) is 2.88. The van der Waals surface area contributed by atoms with Crippen LogP contribution in [0, 0.1) is 16.7 Å². The first-order chi connectivity index (χ1) is 6.89. The highest BCUT2D eigenvalue weighted by Gasteiger charge is 2.68. The molecule has 1 heterocycles. The van der Waals surface area contributed by atoms with E-state index >= 15 is 0 Å². The number of rotatable bonds is 1. The van der Waals surface area contributed by atoms with Crippen LogP contribution >= 0.6 is 0 Å². The fourth-order valence-electron chi connectivity index (χ4n) is 2.88. The molecule has 3 heteroatoms. The summed E-state index contributed by atoms with van der Waals surface area (Å²) >= 11 is 0. The summed E-state index contributed by atoms with van der Waals surface area (Å²) in [7, 11) is 0. The first-order valence-electron chi connectivity index (χ1n) is 5.88. The summed E-state index contributed by atoms with van der Waals surface area (Å²) in [5.74, 6) is 0.592. The van der Waals surface area contributed by atoms with Crippen molar-refractivity contribution in [3.63, 3.8) is 0 Å². The van der Waals surface area contributed by atoms with E-state index in [0.29, 0.717) is 5.91 Å². The Morgan fingerprint density at radius 1 is 1.13 bits per heavy atom. The Balaban J connectivity index is 2.04. The third kappa shape index (κ3) is 1.48. The average Bonchev–Trinajstić information content (AvgIpc) is 2.58. The molecule has 2 rings (SSSR count). The van der Waals surface area contributed by atoms with Gasteiger partial charge < -0.3 is 10.2 Å². The van der Waals surface area contributed by atoms with Crippen LogP contribution in [-0.2, 0) is 4.79 Å². The summed E-state index contributed by atoms with van der Waals surface area (Å²) in [6, 6.07) is 0. The van der Waals surface area contributed by atoms with Crippen LogP contribution in [0.3, 0.4) is 0 Å². The monoisotopic (exact) mass is 210 g/mol. The van der Waals surface area contributed by atoms with E-state index in [1.807, 2.05) is 4.90 Å². The number of piperazine rings is 1. The highest BCUT2D eigenvalue weighted by Crippen LogP contribution is 2.68. The van der Waals surface area contributed by atoms with Gasteiger partial charge in [-0.2, -0.15) is 0 Å². The molecule has 0 radical (unpaired) electrons. The molecule has 0 bridgehead atoms. The second-order valence-corrected chi connectivity index (χ2v) is 5.95. The first kappa shape index (κ1) is 10.9. The van der Waals surface area contributed by atoms with Gasteiger partial charge in [-0.05, 0) is 10.8 Å². The molecule has 1 aliphatic heterocycles. The summed E-state index contributed by atoms with van der Waals surface area (Å²) in [6.07, 6.45) is 0. The van der Waals surface area contributed by atoms with Gasteiger partial charge in [-0.3, -0.25) is 4.79 Å². The van der Waals surface area contributed by atoms with Gasteiger partial charge in [0.1, 0.15) is 0 Å². The highest BCUT2D eigenvalue weighted by molar-refractivity contribution is 5.84. The van der Waals surface area contributed by atoms with Gasteiger partial charge in [-0.1, -0.05) is 27.7 Å². The van der Waals surface area contributed by atoms with Gasteiger partial charge >= 0.3 is 0 Å². The zero-order chi connectivity index (χ0) is 11.3. The van der Waals surface area contributed by atoms with Crippen LogP contribution < -0.4 is 5.32 Å². The van der Waals surface area contributed by atoms with Crippen LogP contribution in [0.1, 0.15) is 27.7 Å². The van der Waals surface area contributed by atoms with Crippen LogP contribution in [0.25, 0.3) is 0 Å². The molecule has 0 spiro atoms. The van der Waals surface area contributed by atoms with Crippen LogP contribution in [-0.4, -0.2) is 37.0 Å². The molecule has 0 aromatic heterocycles. The van der Waals surface area contributed by atoms with Crippen molar-refractivity contribution >= 4 is 5.91 Å².